The van der Waals surface area contributed by atoms with Crippen molar-refractivity contribution in [1.29, 1.82) is 0 Å². The summed E-state index contributed by atoms with van der Waals surface area (Å²) in [4.78, 5) is 77.9. The molecule has 2 amide bonds. The molecule has 27 heteroatoms. The zero-order chi connectivity index (χ0) is 80.6. The van der Waals surface area contributed by atoms with Crippen molar-refractivity contribution in [3.63, 3.8) is 0 Å². The maximum Gasteiger partial charge on any atom is 0.414 e. The predicted molar refractivity (Wildman–Crippen MR) is 476 cm³/mol. The van der Waals surface area contributed by atoms with Crippen LogP contribution >= 0.6 is 34.0 Å². The van der Waals surface area contributed by atoms with E-state index in [9.17, 15) is 14.4 Å². The molecule has 12 rings (SSSR count). The van der Waals surface area contributed by atoms with Crippen LogP contribution in [0, 0.1) is 20.8 Å². The molecule has 614 valence electrons. The summed E-state index contributed by atoms with van der Waals surface area (Å²) in [6.07, 6.45) is 7.70. The summed E-state index contributed by atoms with van der Waals surface area (Å²) in [5, 5.41) is 6.41. The molecule has 0 saturated heterocycles. The number of anilines is 5. The van der Waals surface area contributed by atoms with Crippen LogP contribution in [0.4, 0.5) is 38.4 Å². The minimum Gasteiger partial charge on any atom is -0.460 e. The smallest absolute Gasteiger partial charge is 0.414 e. The van der Waals surface area contributed by atoms with Gasteiger partial charge in [0.2, 0.25) is 0 Å². The average molecular weight is 1710 g/mol. The Bertz CT molecular complexity index is 5260. The minimum absolute atomic E-state index is 0. The second-order valence-corrected chi connectivity index (χ2v) is 33.5. The molecule has 0 aliphatic carbocycles. The molecule has 0 radical (unpaired) electrons. The standard InChI is InChI=1S/C28H31N7O2S.C28H33N5O2S.C27H29N3O2S.C4H10.CH4.2H2O.Pd/c1-18-15-19(20-8-12-25(30-17-20)34(5)6)7-10-22(18)26-32-23-11-9-21(16-24(23)38-26)35(14-13-31-33-29)27(36)37-28(2,3)4;1-18-15-19(20-8-12-25(30-17-20)32(5)6)7-10-22(18)26-31-23-11-9-21(16-24(23)36-26)33(14-13-29)27(34)35-28(2,3)4;1-17-13-19(20-9-12-24(28-16-20)30(5)6)8-10-21(17)26-29-22-11-7-18(14-23(22)33-26)15-25(31)32-27(2,3)4;1-3-4-2;;;;/h7-12,15-17H,13-14H2,1-6H3;7-12,15-17H,13-14,29H2,1-6H3;7-14,16H,15H2,1-6H3;3-4H2,1-2H3;1H4;2*1H2;. The number of aromatic nitrogens is 6. The maximum atomic E-state index is 12.9. The van der Waals surface area contributed by atoms with E-state index in [4.69, 9.17) is 40.4 Å². The molecule has 0 aliphatic heterocycles. The van der Waals surface area contributed by atoms with Gasteiger partial charge in [0, 0.05) is 157 Å². The van der Waals surface area contributed by atoms with Crippen molar-refractivity contribution in [3.8, 4) is 65.1 Å². The third-order valence-corrected chi connectivity index (χ3v) is 20.3. The quantitative estimate of drug-likeness (QED) is 0.0196. The number of esters is 1. The van der Waals surface area contributed by atoms with Crippen LogP contribution in [0.5, 0.6) is 0 Å². The van der Waals surface area contributed by atoms with Gasteiger partial charge in [0.25, 0.3) is 0 Å². The van der Waals surface area contributed by atoms with Crippen molar-refractivity contribution in [2.24, 2.45) is 10.8 Å². The van der Waals surface area contributed by atoms with Crippen molar-refractivity contribution in [3.05, 3.63) is 197 Å². The van der Waals surface area contributed by atoms with Crippen LogP contribution in [0.1, 0.15) is 119 Å². The number of unbranched alkanes of at least 4 members (excludes halogenated alkanes) is 1. The molecule has 6 heterocycles. The van der Waals surface area contributed by atoms with Gasteiger partial charge >= 0.3 is 18.2 Å². The van der Waals surface area contributed by atoms with Crippen LogP contribution in [-0.4, -0.2) is 144 Å². The minimum atomic E-state index is -0.649. The van der Waals surface area contributed by atoms with E-state index >= 15 is 0 Å². The van der Waals surface area contributed by atoms with E-state index < -0.39 is 29.0 Å². The number of nitrogens with two attached hydrogens (primary N) is 1. The summed E-state index contributed by atoms with van der Waals surface area (Å²) in [7, 11) is 11.9. The Balaban J connectivity index is 0.000000296. The Morgan fingerprint density at radius 2 is 0.791 bits per heavy atom. The van der Waals surface area contributed by atoms with Crippen molar-refractivity contribution in [1.82, 2.24) is 29.9 Å². The molecule has 0 spiro atoms. The van der Waals surface area contributed by atoms with Gasteiger partial charge in [0.05, 0.1) is 37.1 Å². The molecule has 6 aromatic heterocycles. The van der Waals surface area contributed by atoms with Crippen molar-refractivity contribution in [2.45, 2.75) is 140 Å². The second-order valence-electron chi connectivity index (χ2n) is 30.4. The first-order chi connectivity index (χ1) is 52.6. The summed E-state index contributed by atoms with van der Waals surface area (Å²) in [6.45, 7) is 28.4. The van der Waals surface area contributed by atoms with E-state index in [2.05, 4.69) is 132 Å². The third kappa shape index (κ3) is 26.4. The molecule has 115 heavy (non-hydrogen) atoms. The Kier molecular flexibility index (Phi) is 35.1. The molecule has 0 unspecified atom stereocenters. The molecular weight excluding hydrogens is 1600 g/mol. The van der Waals surface area contributed by atoms with Gasteiger partial charge in [-0.05, 0) is 212 Å². The number of carbonyl (C=O) groups is 3. The molecule has 0 atom stereocenters. The molecule has 0 bridgehead atoms. The molecule has 0 aliphatic rings. The number of nitrogens with zero attached hydrogens (tertiary/aromatic N) is 14. The van der Waals surface area contributed by atoms with E-state index in [0.717, 1.165) is 141 Å². The molecule has 6 N–H and O–H groups in total. The number of hydrogen-bond acceptors (Lipinski definition) is 20. The molecule has 12 aromatic rings. The number of fused-ring (bicyclic) bond motifs is 3. The Labute approximate surface area is 702 Å². The van der Waals surface area contributed by atoms with E-state index in [1.165, 1.54) is 17.7 Å². The zero-order valence-corrected chi connectivity index (χ0v) is 72.9. The van der Waals surface area contributed by atoms with Crippen LogP contribution in [0.25, 0.3) is 106 Å². The van der Waals surface area contributed by atoms with Gasteiger partial charge in [-0.3, -0.25) is 14.6 Å². The van der Waals surface area contributed by atoms with Gasteiger partial charge < -0.3 is 45.6 Å². The number of azide groups is 1. The average Bonchev–Trinajstić information content (AvgIpc) is 1.72. The number of ether oxygens (including phenoxy) is 3. The largest absolute Gasteiger partial charge is 0.460 e. The zero-order valence-electron chi connectivity index (χ0n) is 68.9. The number of pyridine rings is 3. The summed E-state index contributed by atoms with van der Waals surface area (Å²) in [5.41, 5.74) is 31.0. The summed E-state index contributed by atoms with van der Waals surface area (Å²) in [6, 6.07) is 49.0. The number of aryl methyl sites for hydroxylation is 3. The van der Waals surface area contributed by atoms with Gasteiger partial charge in [-0.15, -0.1) is 34.0 Å². The number of hydrogen-bond donors (Lipinski definition) is 1. The number of thiazole rings is 3. The number of amides is 2. The molecule has 23 nitrogen and oxygen atoms in total. The molecule has 0 fully saturated rings. The van der Waals surface area contributed by atoms with Gasteiger partial charge in [-0.25, -0.2) is 39.5 Å². The predicted octanol–water partition coefficient (Wildman–Crippen LogP) is 20.6. The van der Waals surface area contributed by atoms with E-state index in [1.807, 2.05) is 211 Å². The first-order valence-corrected chi connectivity index (χ1v) is 39.5. The van der Waals surface area contributed by atoms with Crippen molar-refractivity contribution < 1.29 is 60.0 Å². The van der Waals surface area contributed by atoms with Gasteiger partial charge in [0.1, 0.15) is 49.3 Å². The first kappa shape index (κ1) is 95.3. The first-order valence-electron chi connectivity index (χ1n) is 37.0. The summed E-state index contributed by atoms with van der Waals surface area (Å²) < 4.78 is 19.6. The fourth-order valence-corrected chi connectivity index (χ4v) is 14.7. The van der Waals surface area contributed by atoms with E-state index in [1.54, 1.807) is 38.9 Å². The van der Waals surface area contributed by atoms with Crippen LogP contribution in [0.3, 0.4) is 0 Å². The summed E-state index contributed by atoms with van der Waals surface area (Å²) in [5.74, 6) is 2.57. The van der Waals surface area contributed by atoms with Crippen LogP contribution < -0.4 is 30.2 Å². The van der Waals surface area contributed by atoms with E-state index in [0.29, 0.717) is 18.8 Å². The third-order valence-electron chi connectivity index (χ3n) is 17.1. The van der Waals surface area contributed by atoms with Crippen LogP contribution in [-0.2, 0) is 45.8 Å². The van der Waals surface area contributed by atoms with Crippen LogP contribution in [0.15, 0.2) is 169 Å². The Hall–Kier alpha value is -10.3. The fraction of sp³-hybridized carbons (Fsp3) is 0.352. The SMILES string of the molecule is C.CCCC.Cc1cc(-c2ccc(N(C)C)nc2)ccc1-c1nc2ccc(CC(=O)OC(C)(C)C)cc2s1.Cc1cc(-c2ccc(N(C)C)nc2)ccc1-c1nc2ccc(N(CCN)C(=O)OC(C)(C)C)cc2s1.Cc1cc(-c2ccc(N(C)C)nc2)ccc1-c1nc2ccc(N(CCN=[N+]=[N-])C(=O)OC(C)(C)C)cc2s1.O.O.[Pd]. The number of benzene rings is 6. The fourth-order valence-electron chi connectivity index (χ4n) is 11.4. The Morgan fingerprint density at radius 1 is 0.461 bits per heavy atom. The van der Waals surface area contributed by atoms with Crippen molar-refractivity contribution in [2.75, 3.05) is 93.0 Å². The normalized spacial score (nSPS) is 10.9. The number of rotatable bonds is 19. The Morgan fingerprint density at radius 3 is 1.09 bits per heavy atom. The molecular formula is C88H111N15O8PdS3. The van der Waals surface area contributed by atoms with E-state index in [-0.39, 0.29) is 64.3 Å². The molecule has 6 aromatic carbocycles. The summed E-state index contributed by atoms with van der Waals surface area (Å²) >= 11 is 4.82. The van der Waals surface area contributed by atoms with Gasteiger partial charge in [0.15, 0.2) is 0 Å². The number of carbonyl (C=O) groups excluding carboxylic acids is 3. The van der Waals surface area contributed by atoms with Gasteiger partial charge in [-0.2, -0.15) is 0 Å². The molecule has 0 saturated carbocycles. The maximum absolute atomic E-state index is 12.9. The monoisotopic (exact) mass is 1710 g/mol. The topological polar surface area (TPSA) is 310 Å². The van der Waals surface area contributed by atoms with Gasteiger partial charge in [-0.1, -0.05) is 99.9 Å². The van der Waals surface area contributed by atoms with Crippen molar-refractivity contribution >= 4 is 112 Å². The van der Waals surface area contributed by atoms with Crippen LogP contribution in [0.2, 0.25) is 0 Å². The second kappa shape index (κ2) is 42.4.